The highest BCUT2D eigenvalue weighted by Crippen LogP contribution is 2.31. The molecule has 0 amide bonds. The number of aromatic nitrogens is 2. The van der Waals surface area contributed by atoms with Crippen LogP contribution in [0.1, 0.15) is 44.7 Å². The molecule has 0 bridgehead atoms. The second kappa shape index (κ2) is 6.55. The topological polar surface area (TPSA) is 55.9 Å². The summed E-state index contributed by atoms with van der Waals surface area (Å²) in [4.78, 5) is 0. The van der Waals surface area contributed by atoms with E-state index in [0.717, 1.165) is 35.4 Å². The first-order chi connectivity index (χ1) is 9.15. The van der Waals surface area contributed by atoms with Gasteiger partial charge >= 0.3 is 0 Å². The van der Waals surface area contributed by atoms with E-state index in [2.05, 4.69) is 23.6 Å². The van der Waals surface area contributed by atoms with E-state index in [-0.39, 0.29) is 0 Å². The van der Waals surface area contributed by atoms with Crippen molar-refractivity contribution in [3.8, 4) is 0 Å². The van der Waals surface area contributed by atoms with Gasteiger partial charge in [-0.1, -0.05) is 6.92 Å². The Morgan fingerprint density at radius 2 is 2.05 bits per heavy atom. The second-order valence-corrected chi connectivity index (χ2v) is 6.56. The molecule has 1 heterocycles. The Morgan fingerprint density at radius 1 is 1.37 bits per heavy atom. The average molecular weight is 282 g/mol. The Hall–Kier alpha value is -0.840. The Morgan fingerprint density at radius 3 is 2.63 bits per heavy atom. The summed E-state index contributed by atoms with van der Waals surface area (Å²) in [7, 11) is 0. The molecule has 1 aliphatic rings. The molecule has 0 unspecified atom stereocenters. The summed E-state index contributed by atoms with van der Waals surface area (Å²) in [6.45, 7) is 5.08. The van der Waals surface area contributed by atoms with Gasteiger partial charge in [-0.3, -0.25) is 0 Å². The van der Waals surface area contributed by atoms with Crippen LogP contribution < -0.4 is 11.1 Å². The van der Waals surface area contributed by atoms with Crippen LogP contribution >= 0.6 is 11.8 Å². The fourth-order valence-electron chi connectivity index (χ4n) is 2.76. The molecule has 1 aliphatic carbocycles. The van der Waals surface area contributed by atoms with Gasteiger partial charge < -0.3 is 11.1 Å². The zero-order valence-corrected chi connectivity index (χ0v) is 13.1. The van der Waals surface area contributed by atoms with Gasteiger partial charge in [-0.15, -0.1) is 0 Å². The van der Waals surface area contributed by atoms with Crippen LogP contribution in [0.25, 0.3) is 0 Å². The molecule has 1 saturated carbocycles. The number of aryl methyl sites for hydroxylation is 2. The van der Waals surface area contributed by atoms with Gasteiger partial charge in [0, 0.05) is 17.8 Å². The maximum Gasteiger partial charge on any atom is 0.148 e. The summed E-state index contributed by atoms with van der Waals surface area (Å²) in [5, 5.41) is 9.00. The summed E-state index contributed by atoms with van der Waals surface area (Å²) in [6.07, 6.45) is 8.38. The smallest absolute Gasteiger partial charge is 0.148 e. The monoisotopic (exact) mass is 282 g/mol. The van der Waals surface area contributed by atoms with E-state index in [1.807, 2.05) is 23.4 Å². The number of hydrogen-bond donors (Lipinski definition) is 2. The van der Waals surface area contributed by atoms with E-state index < -0.39 is 0 Å². The minimum absolute atomic E-state index is 0.553. The van der Waals surface area contributed by atoms with Crippen molar-refractivity contribution in [1.29, 1.82) is 0 Å². The summed E-state index contributed by atoms with van der Waals surface area (Å²) in [5.41, 5.74) is 7.91. The number of nitrogens with one attached hydrogen (secondary N) is 1. The summed E-state index contributed by atoms with van der Waals surface area (Å²) >= 11 is 2.00. The van der Waals surface area contributed by atoms with Crippen molar-refractivity contribution >= 4 is 23.3 Å². The Kier molecular flexibility index (Phi) is 5.02. The van der Waals surface area contributed by atoms with Crippen LogP contribution in [0.3, 0.4) is 0 Å². The molecule has 1 fully saturated rings. The molecule has 2 rings (SSSR count). The fourth-order valence-corrected chi connectivity index (χ4v) is 3.50. The van der Waals surface area contributed by atoms with Crippen LogP contribution in [0, 0.1) is 6.92 Å². The standard InChI is InChI=1S/C14H26N4S/c1-4-9-18-14(13(15)10(2)17-18)16-11-5-7-12(19-3)8-6-11/h11-12,16H,4-9,15H2,1-3H3. The predicted octanol–water partition coefficient (Wildman–Crippen LogP) is 3.27. The highest BCUT2D eigenvalue weighted by atomic mass is 32.2. The van der Waals surface area contributed by atoms with Crippen LogP contribution in [0.4, 0.5) is 11.5 Å². The van der Waals surface area contributed by atoms with Gasteiger partial charge in [-0.05, 0) is 45.3 Å². The van der Waals surface area contributed by atoms with Gasteiger partial charge in [0.25, 0.3) is 0 Å². The van der Waals surface area contributed by atoms with Crippen LogP contribution in [0.2, 0.25) is 0 Å². The lowest BCUT2D eigenvalue weighted by molar-refractivity contribution is 0.468. The van der Waals surface area contributed by atoms with Gasteiger partial charge in [0.1, 0.15) is 5.82 Å². The molecular weight excluding hydrogens is 256 g/mol. The molecule has 0 aliphatic heterocycles. The molecule has 1 aromatic rings. The minimum atomic E-state index is 0.553. The van der Waals surface area contributed by atoms with E-state index in [1.54, 1.807) is 0 Å². The molecule has 0 atom stereocenters. The number of hydrogen-bond acceptors (Lipinski definition) is 4. The first-order valence-corrected chi connectivity index (χ1v) is 8.56. The third kappa shape index (κ3) is 3.38. The highest BCUT2D eigenvalue weighted by Gasteiger charge is 2.22. The molecule has 1 aromatic heterocycles. The van der Waals surface area contributed by atoms with E-state index in [4.69, 9.17) is 5.73 Å². The van der Waals surface area contributed by atoms with Crippen LogP contribution in [0.15, 0.2) is 0 Å². The number of nitrogens with two attached hydrogens (primary N) is 1. The molecule has 0 spiro atoms. The zero-order valence-electron chi connectivity index (χ0n) is 12.3. The normalized spacial score (nSPS) is 23.5. The number of rotatable bonds is 5. The average Bonchev–Trinajstić information content (AvgIpc) is 2.68. The maximum absolute atomic E-state index is 6.15. The molecule has 3 N–H and O–H groups in total. The first kappa shape index (κ1) is 14.6. The summed E-state index contributed by atoms with van der Waals surface area (Å²) < 4.78 is 2.03. The van der Waals surface area contributed by atoms with Crippen molar-refractivity contribution in [2.75, 3.05) is 17.3 Å². The first-order valence-electron chi connectivity index (χ1n) is 7.27. The van der Waals surface area contributed by atoms with Crippen molar-refractivity contribution in [2.45, 2.75) is 63.8 Å². The number of thioether (sulfide) groups is 1. The molecule has 108 valence electrons. The van der Waals surface area contributed by atoms with E-state index >= 15 is 0 Å². The minimum Gasteiger partial charge on any atom is -0.394 e. The molecule has 19 heavy (non-hydrogen) atoms. The second-order valence-electron chi connectivity index (χ2n) is 5.42. The van der Waals surface area contributed by atoms with Crippen molar-refractivity contribution in [1.82, 2.24) is 9.78 Å². The lowest BCUT2D eigenvalue weighted by Crippen LogP contribution is -2.28. The van der Waals surface area contributed by atoms with Gasteiger partial charge in [-0.25, -0.2) is 4.68 Å². The van der Waals surface area contributed by atoms with Crippen LogP contribution in [-0.4, -0.2) is 27.3 Å². The Bertz CT molecular complexity index is 408. The van der Waals surface area contributed by atoms with Crippen molar-refractivity contribution in [3.05, 3.63) is 5.69 Å². The lowest BCUT2D eigenvalue weighted by Gasteiger charge is -2.29. The quantitative estimate of drug-likeness (QED) is 0.870. The van der Waals surface area contributed by atoms with Crippen molar-refractivity contribution in [2.24, 2.45) is 0 Å². The Labute approximate surface area is 120 Å². The molecule has 0 aromatic carbocycles. The maximum atomic E-state index is 6.15. The van der Waals surface area contributed by atoms with E-state index in [0.29, 0.717) is 6.04 Å². The van der Waals surface area contributed by atoms with Crippen LogP contribution in [0.5, 0.6) is 0 Å². The molecule has 0 radical (unpaired) electrons. The molecule has 5 heteroatoms. The molecular formula is C14H26N4S. The largest absolute Gasteiger partial charge is 0.394 e. The van der Waals surface area contributed by atoms with Crippen LogP contribution in [-0.2, 0) is 6.54 Å². The highest BCUT2D eigenvalue weighted by molar-refractivity contribution is 7.99. The SMILES string of the molecule is CCCn1nc(C)c(N)c1NC1CCC(SC)CC1. The number of anilines is 2. The van der Waals surface area contributed by atoms with E-state index in [9.17, 15) is 0 Å². The number of nitrogen functional groups attached to an aromatic ring is 1. The van der Waals surface area contributed by atoms with Crippen molar-refractivity contribution < 1.29 is 0 Å². The van der Waals surface area contributed by atoms with E-state index in [1.165, 1.54) is 25.7 Å². The third-order valence-corrected chi connectivity index (χ3v) is 5.10. The summed E-state index contributed by atoms with van der Waals surface area (Å²) in [5.74, 6) is 1.03. The fraction of sp³-hybridized carbons (Fsp3) is 0.786. The lowest BCUT2D eigenvalue weighted by atomic mass is 9.95. The number of nitrogens with zero attached hydrogens (tertiary/aromatic N) is 2. The van der Waals surface area contributed by atoms with Crippen molar-refractivity contribution in [3.63, 3.8) is 0 Å². The molecule has 4 nitrogen and oxygen atoms in total. The predicted molar refractivity (Wildman–Crippen MR) is 84.8 cm³/mol. The third-order valence-electron chi connectivity index (χ3n) is 3.96. The molecule has 0 saturated heterocycles. The van der Waals surface area contributed by atoms with Gasteiger partial charge in [-0.2, -0.15) is 16.9 Å². The zero-order chi connectivity index (χ0) is 13.8. The van der Waals surface area contributed by atoms with Gasteiger partial charge in [0.2, 0.25) is 0 Å². The Balaban J connectivity index is 2.02. The summed E-state index contributed by atoms with van der Waals surface area (Å²) in [6, 6.07) is 0.553. The van der Waals surface area contributed by atoms with Gasteiger partial charge in [0.15, 0.2) is 0 Å². The van der Waals surface area contributed by atoms with Gasteiger partial charge in [0.05, 0.1) is 11.4 Å².